The van der Waals surface area contributed by atoms with Gasteiger partial charge in [-0.2, -0.15) is 0 Å². The first kappa shape index (κ1) is 20.7. The monoisotopic (exact) mass is 361 g/mol. The second-order valence-electron chi connectivity index (χ2n) is 7.56. The Morgan fingerprint density at radius 2 is 1.59 bits per heavy atom. The minimum atomic E-state index is -0.0877. The maximum Gasteiger partial charge on any atom is 0.123 e. The van der Waals surface area contributed by atoms with Gasteiger partial charge in [0.2, 0.25) is 0 Å². The summed E-state index contributed by atoms with van der Waals surface area (Å²) in [5.74, 6) is 0.511. The van der Waals surface area contributed by atoms with Crippen molar-refractivity contribution in [1.29, 1.82) is 0 Å². The Morgan fingerprint density at radius 3 is 2.22 bits per heavy atom. The molecule has 142 valence electrons. The Kier molecular flexibility index (Phi) is 6.79. The van der Waals surface area contributed by atoms with Gasteiger partial charge in [-0.15, -0.1) is 0 Å². The molecule has 27 heavy (non-hydrogen) atoms. The normalized spacial score (nSPS) is 12.1. The molecule has 0 radical (unpaired) electrons. The lowest BCUT2D eigenvalue weighted by Crippen LogP contribution is -2.12. The van der Waals surface area contributed by atoms with E-state index in [0.29, 0.717) is 5.75 Å². The first-order valence-electron chi connectivity index (χ1n) is 9.71. The van der Waals surface area contributed by atoms with Crippen molar-refractivity contribution in [3.05, 3.63) is 83.6 Å². The van der Waals surface area contributed by atoms with Gasteiger partial charge in [-0.05, 0) is 34.7 Å². The zero-order valence-electron chi connectivity index (χ0n) is 17.3. The molecule has 2 aromatic carbocycles. The molecule has 0 saturated heterocycles. The van der Waals surface area contributed by atoms with Crippen molar-refractivity contribution in [3.63, 3.8) is 0 Å². The highest BCUT2D eigenvalue weighted by atomic mass is 16.3. The van der Waals surface area contributed by atoms with Gasteiger partial charge >= 0.3 is 0 Å². The molecule has 0 saturated carbocycles. The summed E-state index contributed by atoms with van der Waals surface area (Å²) in [6.07, 6.45) is 1.81. The molecule has 0 bridgehead atoms. The summed E-state index contributed by atoms with van der Waals surface area (Å²) in [4.78, 5) is 4.44. The van der Waals surface area contributed by atoms with Crippen molar-refractivity contribution >= 4 is 0 Å². The molecule has 0 aliphatic heterocycles. The maximum absolute atomic E-state index is 10.8. The fourth-order valence-corrected chi connectivity index (χ4v) is 3.20. The van der Waals surface area contributed by atoms with Crippen LogP contribution in [0.4, 0.5) is 0 Å². The largest absolute Gasteiger partial charge is 0.507 e. The minimum Gasteiger partial charge on any atom is -0.507 e. The zero-order chi connectivity index (χ0) is 20.0. The van der Waals surface area contributed by atoms with Crippen LogP contribution in [0.3, 0.4) is 0 Å². The third kappa shape index (κ3) is 4.77. The Bertz CT molecular complexity index is 863. The summed E-state index contributed by atoms with van der Waals surface area (Å²) in [5, 5.41) is 10.8. The number of phenols is 1. The van der Waals surface area contributed by atoms with Crippen LogP contribution in [-0.2, 0) is 5.41 Å². The zero-order valence-corrected chi connectivity index (χ0v) is 17.3. The number of nitrogens with zero attached hydrogens (tertiary/aromatic N) is 1. The maximum atomic E-state index is 10.8. The van der Waals surface area contributed by atoms with Gasteiger partial charge in [-0.3, -0.25) is 4.98 Å². The molecule has 0 amide bonds. The van der Waals surface area contributed by atoms with Crippen LogP contribution in [0.1, 0.15) is 64.2 Å². The number of hydrogen-bond acceptors (Lipinski definition) is 2. The second kappa shape index (κ2) is 8.85. The third-order valence-electron chi connectivity index (χ3n) is 4.69. The number of benzene rings is 2. The van der Waals surface area contributed by atoms with E-state index in [1.165, 1.54) is 5.56 Å². The van der Waals surface area contributed by atoms with Crippen LogP contribution < -0.4 is 0 Å². The molecule has 1 atom stereocenters. The van der Waals surface area contributed by atoms with Crippen LogP contribution in [-0.4, -0.2) is 10.1 Å². The third-order valence-corrected chi connectivity index (χ3v) is 4.69. The molecular weight excluding hydrogens is 330 g/mol. The fourth-order valence-electron chi connectivity index (χ4n) is 3.20. The van der Waals surface area contributed by atoms with Gasteiger partial charge in [0.15, 0.2) is 0 Å². The number of aromatic hydroxyl groups is 1. The summed E-state index contributed by atoms with van der Waals surface area (Å²) in [5.41, 5.74) is 5.09. The quantitative estimate of drug-likeness (QED) is 0.548. The molecule has 1 aromatic heterocycles. The Hall–Kier alpha value is -2.61. The van der Waals surface area contributed by atoms with Gasteiger partial charge in [0.25, 0.3) is 0 Å². The fraction of sp³-hybridized carbons (Fsp3) is 0.320. The molecule has 0 aliphatic carbocycles. The van der Waals surface area contributed by atoms with Crippen molar-refractivity contribution < 1.29 is 5.11 Å². The van der Waals surface area contributed by atoms with Crippen molar-refractivity contribution in [3.8, 4) is 17.0 Å². The van der Waals surface area contributed by atoms with E-state index in [-0.39, 0.29) is 11.3 Å². The van der Waals surface area contributed by atoms with Gasteiger partial charge in [0.05, 0.1) is 5.69 Å². The molecule has 0 fully saturated rings. The lowest BCUT2D eigenvalue weighted by Gasteiger charge is -2.24. The molecule has 2 heteroatoms. The number of para-hydroxylation sites is 1. The highest BCUT2D eigenvalue weighted by Crippen LogP contribution is 2.38. The van der Waals surface area contributed by atoms with Gasteiger partial charge in [0.1, 0.15) is 5.75 Å². The van der Waals surface area contributed by atoms with Gasteiger partial charge in [-0.25, -0.2) is 0 Å². The second-order valence-corrected chi connectivity index (χ2v) is 7.56. The number of rotatable bonds is 3. The SMILES string of the molecule is CC.CC(c1cccc(-c2ccccn2)c1)c1cccc(C(C)(C)C)c1O. The Morgan fingerprint density at radius 1 is 0.889 bits per heavy atom. The number of phenolic OH excluding ortho intramolecular Hbond substituents is 1. The van der Waals surface area contributed by atoms with Crippen molar-refractivity contribution in [1.82, 2.24) is 4.98 Å². The molecule has 3 aromatic rings. The van der Waals surface area contributed by atoms with Crippen molar-refractivity contribution in [2.24, 2.45) is 0 Å². The minimum absolute atomic E-state index is 0.0877. The van der Waals surface area contributed by atoms with E-state index in [0.717, 1.165) is 22.4 Å². The smallest absolute Gasteiger partial charge is 0.123 e. The molecule has 1 N–H and O–H groups in total. The van der Waals surface area contributed by atoms with Crippen LogP contribution in [0.15, 0.2) is 66.9 Å². The molecular formula is C25H31NO. The van der Waals surface area contributed by atoms with Crippen molar-refractivity contribution in [2.75, 3.05) is 0 Å². The van der Waals surface area contributed by atoms with E-state index in [9.17, 15) is 5.11 Å². The molecule has 3 rings (SSSR count). The molecule has 1 heterocycles. The van der Waals surface area contributed by atoms with Gasteiger partial charge in [0, 0.05) is 23.2 Å². The number of pyridine rings is 1. The average molecular weight is 362 g/mol. The standard InChI is InChI=1S/C23H25NO.C2H6/c1-16(19-11-8-12-20(22(19)25)23(2,3)4)17-9-7-10-18(15-17)21-13-5-6-14-24-21;1-2/h5-16,25H,1-4H3;1-2H3. The van der Waals surface area contributed by atoms with Gasteiger partial charge < -0.3 is 5.11 Å². The summed E-state index contributed by atoms with van der Waals surface area (Å²) in [6, 6.07) is 20.4. The summed E-state index contributed by atoms with van der Waals surface area (Å²) in [7, 11) is 0. The molecule has 0 aliphatic rings. The predicted molar refractivity (Wildman–Crippen MR) is 115 cm³/mol. The van der Waals surface area contributed by atoms with Crippen LogP contribution in [0.2, 0.25) is 0 Å². The van der Waals surface area contributed by atoms with E-state index < -0.39 is 0 Å². The van der Waals surface area contributed by atoms with Crippen LogP contribution in [0.25, 0.3) is 11.3 Å². The van der Waals surface area contributed by atoms with E-state index in [1.807, 2.05) is 56.4 Å². The van der Waals surface area contributed by atoms with Crippen LogP contribution >= 0.6 is 0 Å². The van der Waals surface area contributed by atoms with E-state index in [2.05, 4.69) is 56.9 Å². The molecule has 1 unspecified atom stereocenters. The number of aromatic nitrogens is 1. The number of hydrogen-bond donors (Lipinski definition) is 1. The average Bonchev–Trinajstić information content (AvgIpc) is 2.69. The lowest BCUT2D eigenvalue weighted by molar-refractivity contribution is 0.438. The molecule has 0 spiro atoms. The van der Waals surface area contributed by atoms with E-state index in [1.54, 1.807) is 0 Å². The summed E-state index contributed by atoms with van der Waals surface area (Å²) < 4.78 is 0. The predicted octanol–water partition coefficient (Wildman–Crippen LogP) is 6.93. The highest BCUT2D eigenvalue weighted by molar-refractivity contribution is 5.61. The Labute approximate surface area is 163 Å². The first-order chi connectivity index (χ1) is 12.9. The van der Waals surface area contributed by atoms with Crippen LogP contribution in [0, 0.1) is 0 Å². The summed E-state index contributed by atoms with van der Waals surface area (Å²) in [6.45, 7) is 12.5. The Balaban J connectivity index is 0.00000126. The first-order valence-corrected chi connectivity index (χ1v) is 9.71. The lowest BCUT2D eigenvalue weighted by atomic mass is 9.82. The topological polar surface area (TPSA) is 33.1 Å². The summed E-state index contributed by atoms with van der Waals surface area (Å²) >= 11 is 0. The van der Waals surface area contributed by atoms with Crippen LogP contribution in [0.5, 0.6) is 5.75 Å². The van der Waals surface area contributed by atoms with Gasteiger partial charge in [-0.1, -0.05) is 84.0 Å². The van der Waals surface area contributed by atoms with E-state index >= 15 is 0 Å². The molecule has 2 nitrogen and oxygen atoms in total. The van der Waals surface area contributed by atoms with Crippen molar-refractivity contribution in [2.45, 2.75) is 52.9 Å². The van der Waals surface area contributed by atoms with E-state index in [4.69, 9.17) is 0 Å². The highest BCUT2D eigenvalue weighted by Gasteiger charge is 2.22.